The van der Waals surface area contributed by atoms with Crippen LogP contribution in [0.5, 0.6) is 0 Å². The molecule has 0 N–H and O–H groups in total. The number of alkyl halides is 1. The average molecular weight is 201 g/mol. The molecule has 1 aromatic rings. The van der Waals surface area contributed by atoms with Crippen LogP contribution < -0.4 is 0 Å². The van der Waals surface area contributed by atoms with Gasteiger partial charge in [-0.3, -0.25) is 9.18 Å². The third kappa shape index (κ3) is 3.15. The van der Waals surface area contributed by atoms with E-state index in [4.69, 9.17) is 11.6 Å². The van der Waals surface area contributed by atoms with Crippen molar-refractivity contribution < 1.29 is 9.18 Å². The molecule has 0 bridgehead atoms. The Bertz CT molecular complexity index is 281. The van der Waals surface area contributed by atoms with Crippen molar-refractivity contribution in [3.8, 4) is 0 Å². The fourth-order valence-electron chi connectivity index (χ4n) is 1.01. The van der Waals surface area contributed by atoms with Crippen LogP contribution in [0.25, 0.3) is 0 Å². The number of carbonyl (C=O) groups excluding carboxylic acids is 1. The summed E-state index contributed by atoms with van der Waals surface area (Å²) in [5.74, 6) is -0.0330. The molecule has 0 saturated carbocycles. The Labute approximate surface area is 81.5 Å². The van der Waals surface area contributed by atoms with Crippen molar-refractivity contribution in [1.82, 2.24) is 0 Å². The maximum absolute atomic E-state index is 11.8. The first kappa shape index (κ1) is 10.2. The fraction of sp³-hybridized carbons (Fsp3) is 0.300. The molecule has 13 heavy (non-hydrogen) atoms. The van der Waals surface area contributed by atoms with Crippen molar-refractivity contribution in [3.05, 3.63) is 34.9 Å². The van der Waals surface area contributed by atoms with Crippen molar-refractivity contribution in [2.45, 2.75) is 12.8 Å². The van der Waals surface area contributed by atoms with E-state index in [1.807, 2.05) is 0 Å². The third-order valence-electron chi connectivity index (χ3n) is 1.70. The van der Waals surface area contributed by atoms with Gasteiger partial charge in [-0.05, 0) is 30.7 Å². The van der Waals surface area contributed by atoms with E-state index in [1.165, 1.54) is 0 Å². The lowest BCUT2D eigenvalue weighted by Gasteiger charge is -1.98. The predicted molar refractivity (Wildman–Crippen MR) is 51.0 cm³/mol. The smallest absolute Gasteiger partial charge is 0.162 e. The molecule has 0 aliphatic rings. The Morgan fingerprint density at radius 1 is 1.31 bits per heavy atom. The molecule has 0 saturated heterocycles. The number of halogens is 2. The van der Waals surface area contributed by atoms with Gasteiger partial charge in [-0.1, -0.05) is 11.6 Å². The summed E-state index contributed by atoms with van der Waals surface area (Å²) >= 11 is 5.65. The van der Waals surface area contributed by atoms with Crippen LogP contribution in [0.1, 0.15) is 23.2 Å². The van der Waals surface area contributed by atoms with Gasteiger partial charge in [-0.15, -0.1) is 0 Å². The van der Waals surface area contributed by atoms with E-state index in [-0.39, 0.29) is 12.2 Å². The maximum atomic E-state index is 11.8. The number of hydrogen-bond donors (Lipinski definition) is 0. The molecule has 0 unspecified atom stereocenters. The molecule has 0 aliphatic heterocycles. The Balaban J connectivity index is 2.61. The second-order valence-corrected chi connectivity index (χ2v) is 3.16. The van der Waals surface area contributed by atoms with E-state index in [2.05, 4.69) is 0 Å². The van der Waals surface area contributed by atoms with E-state index in [9.17, 15) is 9.18 Å². The number of ketones is 1. The van der Waals surface area contributed by atoms with E-state index in [0.29, 0.717) is 17.0 Å². The van der Waals surface area contributed by atoms with Crippen LogP contribution in [0.3, 0.4) is 0 Å². The van der Waals surface area contributed by atoms with Gasteiger partial charge in [0.2, 0.25) is 0 Å². The van der Waals surface area contributed by atoms with Crippen molar-refractivity contribution in [1.29, 1.82) is 0 Å². The SMILES string of the molecule is O=C(CCCF)c1ccc(Cl)cc1. The van der Waals surface area contributed by atoms with Crippen LogP contribution >= 0.6 is 11.6 Å². The van der Waals surface area contributed by atoms with Crippen LogP contribution in [0.15, 0.2) is 24.3 Å². The van der Waals surface area contributed by atoms with Gasteiger partial charge in [0.1, 0.15) is 0 Å². The van der Waals surface area contributed by atoms with Crippen LogP contribution in [0.4, 0.5) is 4.39 Å². The summed E-state index contributed by atoms with van der Waals surface area (Å²) in [6.07, 6.45) is 0.555. The topological polar surface area (TPSA) is 17.1 Å². The van der Waals surface area contributed by atoms with Gasteiger partial charge < -0.3 is 0 Å². The van der Waals surface area contributed by atoms with Crippen molar-refractivity contribution in [2.75, 3.05) is 6.67 Å². The zero-order valence-electron chi connectivity index (χ0n) is 7.09. The molecule has 0 aliphatic carbocycles. The minimum atomic E-state index is -0.445. The van der Waals surface area contributed by atoms with Crippen LogP contribution in [-0.4, -0.2) is 12.5 Å². The molecule has 0 aromatic heterocycles. The quantitative estimate of drug-likeness (QED) is 0.682. The largest absolute Gasteiger partial charge is 0.294 e. The summed E-state index contributed by atoms with van der Waals surface area (Å²) in [6, 6.07) is 6.63. The van der Waals surface area contributed by atoms with Crippen LogP contribution in [0, 0.1) is 0 Å². The normalized spacial score (nSPS) is 10.0. The monoisotopic (exact) mass is 200 g/mol. The van der Waals surface area contributed by atoms with E-state index in [0.717, 1.165) is 0 Å². The second-order valence-electron chi connectivity index (χ2n) is 2.72. The standard InChI is InChI=1S/C10H10ClFO/c11-9-5-3-8(4-6-9)10(13)2-1-7-12/h3-6H,1-2,7H2. The van der Waals surface area contributed by atoms with Crippen molar-refractivity contribution in [3.63, 3.8) is 0 Å². The van der Waals surface area contributed by atoms with E-state index in [1.54, 1.807) is 24.3 Å². The summed E-state index contributed by atoms with van der Waals surface area (Å²) in [6.45, 7) is -0.445. The zero-order chi connectivity index (χ0) is 9.68. The number of hydrogen-bond acceptors (Lipinski definition) is 1. The Hall–Kier alpha value is -0.890. The molecule has 0 radical (unpaired) electrons. The molecule has 1 rings (SSSR count). The minimum absolute atomic E-state index is 0.0330. The lowest BCUT2D eigenvalue weighted by atomic mass is 10.1. The van der Waals surface area contributed by atoms with Crippen LogP contribution in [-0.2, 0) is 0 Å². The molecule has 0 amide bonds. The Morgan fingerprint density at radius 3 is 2.46 bits per heavy atom. The molecule has 0 spiro atoms. The van der Waals surface area contributed by atoms with Crippen molar-refractivity contribution in [2.24, 2.45) is 0 Å². The van der Waals surface area contributed by atoms with Crippen molar-refractivity contribution >= 4 is 17.4 Å². The number of Topliss-reactive ketones (excluding diaryl/α,β-unsaturated/α-hetero) is 1. The summed E-state index contributed by atoms with van der Waals surface area (Å²) in [5, 5.41) is 0.599. The van der Waals surface area contributed by atoms with Gasteiger partial charge in [0.05, 0.1) is 6.67 Å². The first-order valence-corrected chi connectivity index (χ1v) is 4.46. The zero-order valence-corrected chi connectivity index (χ0v) is 7.85. The Kier molecular flexibility index (Phi) is 3.90. The molecule has 0 atom stereocenters. The summed E-state index contributed by atoms with van der Waals surface area (Å²) in [4.78, 5) is 11.3. The lowest BCUT2D eigenvalue weighted by Crippen LogP contribution is -1.98. The van der Waals surface area contributed by atoms with E-state index >= 15 is 0 Å². The number of carbonyl (C=O) groups is 1. The molecule has 70 valence electrons. The molecule has 3 heteroatoms. The lowest BCUT2D eigenvalue weighted by molar-refractivity contribution is 0.0977. The van der Waals surface area contributed by atoms with Gasteiger partial charge in [0.25, 0.3) is 0 Å². The summed E-state index contributed by atoms with van der Waals surface area (Å²) < 4.78 is 11.8. The average Bonchev–Trinajstić information content (AvgIpc) is 2.15. The fourth-order valence-corrected chi connectivity index (χ4v) is 1.13. The number of rotatable bonds is 4. The predicted octanol–water partition coefficient (Wildman–Crippen LogP) is 3.27. The van der Waals surface area contributed by atoms with Gasteiger partial charge in [-0.25, -0.2) is 0 Å². The van der Waals surface area contributed by atoms with Gasteiger partial charge in [0, 0.05) is 17.0 Å². The van der Waals surface area contributed by atoms with Gasteiger partial charge in [0.15, 0.2) is 5.78 Å². The molecule has 0 fully saturated rings. The number of benzene rings is 1. The Morgan fingerprint density at radius 2 is 1.92 bits per heavy atom. The van der Waals surface area contributed by atoms with Crippen LogP contribution in [0.2, 0.25) is 5.02 Å². The third-order valence-corrected chi connectivity index (χ3v) is 1.96. The molecular weight excluding hydrogens is 191 g/mol. The highest BCUT2D eigenvalue weighted by Crippen LogP contribution is 2.11. The highest BCUT2D eigenvalue weighted by atomic mass is 35.5. The van der Waals surface area contributed by atoms with E-state index < -0.39 is 6.67 Å². The van der Waals surface area contributed by atoms with Gasteiger partial charge >= 0.3 is 0 Å². The first-order chi connectivity index (χ1) is 6.24. The molecule has 0 heterocycles. The summed E-state index contributed by atoms with van der Waals surface area (Å²) in [5.41, 5.74) is 0.595. The highest BCUT2D eigenvalue weighted by Gasteiger charge is 2.04. The molecule has 1 aromatic carbocycles. The maximum Gasteiger partial charge on any atom is 0.162 e. The highest BCUT2D eigenvalue weighted by molar-refractivity contribution is 6.30. The first-order valence-electron chi connectivity index (χ1n) is 4.09. The molecule has 1 nitrogen and oxygen atoms in total. The molecular formula is C10H10ClFO. The summed E-state index contributed by atoms with van der Waals surface area (Å²) in [7, 11) is 0. The minimum Gasteiger partial charge on any atom is -0.294 e. The second kappa shape index (κ2) is 4.97. The van der Waals surface area contributed by atoms with Gasteiger partial charge in [-0.2, -0.15) is 0 Å².